The molecule has 1 heterocycles. The van der Waals surface area contributed by atoms with Crippen LogP contribution in [0.4, 0.5) is 23.1 Å². The standard InChI is InChI=1S/C15H10Cl3N5/c16-10-6-5-9(7-12(10)18)20-14-8-19-23-15(22-14)21-13-4-2-1-3-11(13)17/h1-8H,(H2,20,21,22,23). The summed E-state index contributed by atoms with van der Waals surface area (Å²) in [6, 6.07) is 12.5. The van der Waals surface area contributed by atoms with Gasteiger partial charge in [0.1, 0.15) is 0 Å². The van der Waals surface area contributed by atoms with Crippen LogP contribution in [-0.2, 0) is 0 Å². The molecule has 2 N–H and O–H groups in total. The van der Waals surface area contributed by atoms with Crippen molar-refractivity contribution in [1.29, 1.82) is 0 Å². The molecule has 3 aromatic rings. The molecule has 8 heteroatoms. The van der Waals surface area contributed by atoms with Gasteiger partial charge in [0.2, 0.25) is 5.95 Å². The minimum Gasteiger partial charge on any atom is -0.339 e. The van der Waals surface area contributed by atoms with Crippen molar-refractivity contribution in [2.24, 2.45) is 0 Å². The summed E-state index contributed by atoms with van der Waals surface area (Å²) >= 11 is 18.0. The maximum atomic E-state index is 6.09. The summed E-state index contributed by atoms with van der Waals surface area (Å²) in [6.45, 7) is 0. The zero-order valence-electron chi connectivity index (χ0n) is 11.6. The van der Waals surface area contributed by atoms with Gasteiger partial charge in [0.15, 0.2) is 5.82 Å². The van der Waals surface area contributed by atoms with E-state index in [0.717, 1.165) is 5.69 Å². The lowest BCUT2D eigenvalue weighted by Gasteiger charge is -2.09. The first-order valence-corrected chi connectivity index (χ1v) is 7.68. The Labute approximate surface area is 147 Å². The summed E-state index contributed by atoms with van der Waals surface area (Å²) in [5.41, 5.74) is 1.44. The Balaban J connectivity index is 1.79. The molecule has 0 atom stereocenters. The zero-order valence-corrected chi connectivity index (χ0v) is 13.9. The Morgan fingerprint density at radius 1 is 0.826 bits per heavy atom. The van der Waals surface area contributed by atoms with Crippen LogP contribution in [0.5, 0.6) is 0 Å². The molecule has 5 nitrogen and oxygen atoms in total. The number of nitrogens with one attached hydrogen (secondary N) is 2. The van der Waals surface area contributed by atoms with Gasteiger partial charge in [-0.05, 0) is 30.3 Å². The van der Waals surface area contributed by atoms with Crippen molar-refractivity contribution in [3.05, 3.63) is 63.7 Å². The van der Waals surface area contributed by atoms with Crippen molar-refractivity contribution < 1.29 is 0 Å². The van der Waals surface area contributed by atoms with E-state index in [1.54, 1.807) is 24.3 Å². The number of nitrogens with zero attached hydrogens (tertiary/aromatic N) is 3. The zero-order chi connectivity index (χ0) is 16.2. The largest absolute Gasteiger partial charge is 0.339 e. The van der Waals surface area contributed by atoms with Crippen molar-refractivity contribution in [3.8, 4) is 0 Å². The van der Waals surface area contributed by atoms with Crippen molar-refractivity contribution in [1.82, 2.24) is 15.2 Å². The third kappa shape index (κ3) is 4.01. The summed E-state index contributed by atoms with van der Waals surface area (Å²) in [5.74, 6) is 0.830. The molecular formula is C15H10Cl3N5. The third-order valence-corrected chi connectivity index (χ3v) is 3.94. The highest BCUT2D eigenvalue weighted by atomic mass is 35.5. The van der Waals surface area contributed by atoms with E-state index in [1.807, 2.05) is 18.2 Å². The molecule has 0 saturated carbocycles. The molecule has 0 aliphatic carbocycles. The van der Waals surface area contributed by atoms with Gasteiger partial charge < -0.3 is 10.6 Å². The first kappa shape index (κ1) is 15.8. The second-order valence-corrected chi connectivity index (χ2v) is 5.75. The Bertz CT molecular complexity index is 841. The summed E-state index contributed by atoms with van der Waals surface area (Å²) < 4.78 is 0. The Morgan fingerprint density at radius 2 is 1.65 bits per heavy atom. The average Bonchev–Trinajstić information content (AvgIpc) is 2.54. The number of benzene rings is 2. The van der Waals surface area contributed by atoms with Gasteiger partial charge in [-0.15, -0.1) is 5.10 Å². The van der Waals surface area contributed by atoms with Crippen LogP contribution in [-0.4, -0.2) is 15.2 Å². The number of rotatable bonds is 4. The van der Waals surface area contributed by atoms with E-state index in [2.05, 4.69) is 25.8 Å². The van der Waals surface area contributed by atoms with Crippen molar-refractivity contribution in [2.75, 3.05) is 10.6 Å². The molecule has 0 spiro atoms. The van der Waals surface area contributed by atoms with Gasteiger partial charge in [-0.2, -0.15) is 10.1 Å². The van der Waals surface area contributed by atoms with Gasteiger partial charge in [0.25, 0.3) is 0 Å². The fourth-order valence-corrected chi connectivity index (χ4v) is 2.30. The predicted molar refractivity (Wildman–Crippen MR) is 94.3 cm³/mol. The highest BCUT2D eigenvalue weighted by Gasteiger charge is 2.05. The third-order valence-electron chi connectivity index (χ3n) is 2.87. The first-order valence-electron chi connectivity index (χ1n) is 6.55. The van der Waals surface area contributed by atoms with E-state index in [1.165, 1.54) is 6.20 Å². The van der Waals surface area contributed by atoms with Gasteiger partial charge >= 0.3 is 0 Å². The lowest BCUT2D eigenvalue weighted by atomic mass is 10.3. The molecule has 1 aromatic heterocycles. The second kappa shape index (κ2) is 7.00. The van der Waals surface area contributed by atoms with Crippen LogP contribution in [0.3, 0.4) is 0 Å². The van der Waals surface area contributed by atoms with Gasteiger partial charge in [0.05, 0.1) is 27.0 Å². The molecule has 0 amide bonds. The smallest absolute Gasteiger partial charge is 0.249 e. The van der Waals surface area contributed by atoms with Crippen molar-refractivity contribution in [3.63, 3.8) is 0 Å². The molecule has 0 saturated heterocycles. The number of halogens is 3. The maximum Gasteiger partial charge on any atom is 0.249 e. The molecule has 0 unspecified atom stereocenters. The van der Waals surface area contributed by atoms with Gasteiger partial charge in [-0.3, -0.25) is 0 Å². The van der Waals surface area contributed by atoms with Crippen LogP contribution in [0.1, 0.15) is 0 Å². The normalized spacial score (nSPS) is 10.4. The molecule has 0 aliphatic rings. The minimum atomic E-state index is 0.322. The molecular weight excluding hydrogens is 357 g/mol. The van der Waals surface area contributed by atoms with E-state index >= 15 is 0 Å². The van der Waals surface area contributed by atoms with Gasteiger partial charge in [0, 0.05) is 5.69 Å². The molecule has 0 bridgehead atoms. The van der Waals surface area contributed by atoms with Crippen LogP contribution in [0.15, 0.2) is 48.7 Å². The van der Waals surface area contributed by atoms with E-state index < -0.39 is 0 Å². The van der Waals surface area contributed by atoms with E-state index in [0.29, 0.717) is 32.5 Å². The van der Waals surface area contributed by atoms with Crippen molar-refractivity contribution >= 4 is 57.9 Å². The number of hydrogen-bond donors (Lipinski definition) is 2. The Kier molecular flexibility index (Phi) is 4.81. The van der Waals surface area contributed by atoms with Crippen molar-refractivity contribution in [2.45, 2.75) is 0 Å². The predicted octanol–water partition coefficient (Wildman–Crippen LogP) is 5.32. The summed E-state index contributed by atoms with van der Waals surface area (Å²) in [5, 5.41) is 15.4. The van der Waals surface area contributed by atoms with Crippen LogP contribution in [0.25, 0.3) is 0 Å². The summed E-state index contributed by atoms with van der Waals surface area (Å²) in [7, 11) is 0. The molecule has 0 fully saturated rings. The number of aromatic nitrogens is 3. The van der Waals surface area contributed by atoms with Crippen LogP contribution in [0, 0.1) is 0 Å². The molecule has 3 rings (SSSR count). The lowest BCUT2D eigenvalue weighted by Crippen LogP contribution is -2.02. The quantitative estimate of drug-likeness (QED) is 0.654. The van der Waals surface area contributed by atoms with Gasteiger partial charge in [-0.1, -0.05) is 46.9 Å². The summed E-state index contributed by atoms with van der Waals surface area (Å²) in [4.78, 5) is 4.33. The number of anilines is 4. The molecule has 23 heavy (non-hydrogen) atoms. The highest BCUT2D eigenvalue weighted by molar-refractivity contribution is 6.42. The monoisotopic (exact) mass is 365 g/mol. The maximum absolute atomic E-state index is 6.09. The first-order chi connectivity index (χ1) is 11.1. The SMILES string of the molecule is Clc1ccc(Nc2cnnc(Nc3ccccc3Cl)n2)cc1Cl. The van der Waals surface area contributed by atoms with Crippen LogP contribution in [0.2, 0.25) is 15.1 Å². The van der Waals surface area contributed by atoms with E-state index in [-0.39, 0.29) is 0 Å². The fourth-order valence-electron chi connectivity index (χ4n) is 1.82. The molecule has 116 valence electrons. The van der Waals surface area contributed by atoms with Crippen LogP contribution >= 0.6 is 34.8 Å². The molecule has 0 aliphatic heterocycles. The number of hydrogen-bond acceptors (Lipinski definition) is 5. The number of para-hydroxylation sites is 1. The van der Waals surface area contributed by atoms with E-state index in [9.17, 15) is 0 Å². The van der Waals surface area contributed by atoms with E-state index in [4.69, 9.17) is 34.8 Å². The average molecular weight is 367 g/mol. The van der Waals surface area contributed by atoms with Crippen LogP contribution < -0.4 is 10.6 Å². The lowest BCUT2D eigenvalue weighted by molar-refractivity contribution is 0.982. The topological polar surface area (TPSA) is 62.7 Å². The molecule has 2 aromatic carbocycles. The fraction of sp³-hybridized carbons (Fsp3) is 0. The second-order valence-electron chi connectivity index (χ2n) is 4.52. The van der Waals surface area contributed by atoms with Gasteiger partial charge in [-0.25, -0.2) is 0 Å². The minimum absolute atomic E-state index is 0.322. The molecule has 0 radical (unpaired) electrons. The highest BCUT2D eigenvalue weighted by Crippen LogP contribution is 2.27. The Morgan fingerprint density at radius 3 is 2.43 bits per heavy atom. The Hall–Kier alpha value is -2.08. The summed E-state index contributed by atoms with van der Waals surface area (Å²) in [6.07, 6.45) is 1.50.